The summed E-state index contributed by atoms with van der Waals surface area (Å²) >= 11 is 0. The molecule has 0 radical (unpaired) electrons. The Kier molecular flexibility index (Phi) is 7.79. The number of hydrogen-bond donors (Lipinski definition) is 4. The van der Waals surface area contributed by atoms with Gasteiger partial charge < -0.3 is 25.8 Å². The predicted molar refractivity (Wildman–Crippen MR) is 125 cm³/mol. The Bertz CT molecular complexity index is 1090. The normalized spacial score (nSPS) is 19.3. The summed E-state index contributed by atoms with van der Waals surface area (Å²) in [5, 5.41) is 17.5. The van der Waals surface area contributed by atoms with Crippen LogP contribution in [0.2, 0.25) is 0 Å². The van der Waals surface area contributed by atoms with Gasteiger partial charge in [-0.25, -0.2) is 19.0 Å². The maximum atomic E-state index is 13.2. The minimum absolute atomic E-state index is 0.190. The first-order valence-electron chi connectivity index (χ1n) is 11.8. The number of benzene rings is 1. The minimum atomic E-state index is -1.35. The van der Waals surface area contributed by atoms with Gasteiger partial charge in [0.25, 0.3) is 0 Å². The van der Waals surface area contributed by atoms with Gasteiger partial charge in [0.1, 0.15) is 24.3 Å². The fourth-order valence-electron chi connectivity index (χ4n) is 4.40. The second kappa shape index (κ2) is 11.2. The SMILES string of the molecule is O=C(NC(CNC(=O)C1CC(Cc2ccc3c(n2)NCCC3)C1)C(=O)O)OCc1cccc(F)c1. The lowest BCUT2D eigenvalue weighted by Gasteiger charge is -2.34. The summed E-state index contributed by atoms with van der Waals surface area (Å²) in [7, 11) is 0. The topological polar surface area (TPSA) is 130 Å². The van der Waals surface area contributed by atoms with Crippen molar-refractivity contribution < 1.29 is 28.6 Å². The third-order valence-corrected chi connectivity index (χ3v) is 6.39. The molecule has 1 fully saturated rings. The Labute approximate surface area is 202 Å². The number of halogens is 1. The number of aryl methyl sites for hydroxylation is 1. The highest BCUT2D eigenvalue weighted by Gasteiger charge is 2.35. The second-order valence-electron chi connectivity index (χ2n) is 9.07. The van der Waals surface area contributed by atoms with Gasteiger partial charge in [0.2, 0.25) is 5.91 Å². The number of nitrogens with zero attached hydrogens (tertiary/aromatic N) is 1. The van der Waals surface area contributed by atoms with Gasteiger partial charge >= 0.3 is 12.1 Å². The Morgan fingerprint density at radius 1 is 1.23 bits per heavy atom. The van der Waals surface area contributed by atoms with E-state index in [2.05, 4.69) is 28.1 Å². The fourth-order valence-corrected chi connectivity index (χ4v) is 4.40. The average molecular weight is 485 g/mol. The molecule has 1 unspecified atom stereocenters. The van der Waals surface area contributed by atoms with Crippen molar-refractivity contribution in [1.29, 1.82) is 0 Å². The minimum Gasteiger partial charge on any atom is -0.480 e. The number of ether oxygens (including phenoxy) is 1. The number of amides is 2. The molecule has 9 nitrogen and oxygen atoms in total. The van der Waals surface area contributed by atoms with Crippen LogP contribution in [-0.4, -0.2) is 47.2 Å². The van der Waals surface area contributed by atoms with E-state index in [0.29, 0.717) is 24.3 Å². The van der Waals surface area contributed by atoms with Crippen LogP contribution < -0.4 is 16.0 Å². The van der Waals surface area contributed by atoms with E-state index >= 15 is 0 Å². The van der Waals surface area contributed by atoms with Crippen molar-refractivity contribution in [3.63, 3.8) is 0 Å². The van der Waals surface area contributed by atoms with Crippen LogP contribution in [0.1, 0.15) is 36.1 Å². The average Bonchev–Trinajstić information content (AvgIpc) is 2.82. The van der Waals surface area contributed by atoms with Crippen molar-refractivity contribution in [2.75, 3.05) is 18.4 Å². The Balaban J connectivity index is 1.18. The number of alkyl carbamates (subject to hydrolysis) is 1. The molecule has 1 aliphatic carbocycles. The predicted octanol–water partition coefficient (Wildman–Crippen LogP) is 2.64. The third-order valence-electron chi connectivity index (χ3n) is 6.39. The van der Waals surface area contributed by atoms with Crippen molar-refractivity contribution in [2.45, 2.75) is 44.8 Å². The van der Waals surface area contributed by atoms with Crippen molar-refractivity contribution >= 4 is 23.8 Å². The number of carbonyl (C=O) groups excluding carboxylic acids is 2. The molecule has 1 aromatic heterocycles. The number of carbonyl (C=O) groups is 3. The zero-order valence-electron chi connectivity index (χ0n) is 19.3. The number of nitrogens with one attached hydrogen (secondary N) is 3. The maximum Gasteiger partial charge on any atom is 0.408 e. The van der Waals surface area contributed by atoms with Crippen LogP contribution >= 0.6 is 0 Å². The summed E-state index contributed by atoms with van der Waals surface area (Å²) in [6, 6.07) is 8.36. The highest BCUT2D eigenvalue weighted by Crippen LogP contribution is 2.36. The van der Waals surface area contributed by atoms with E-state index in [4.69, 9.17) is 9.72 Å². The van der Waals surface area contributed by atoms with Gasteiger partial charge in [0, 0.05) is 24.7 Å². The molecule has 0 spiro atoms. The summed E-state index contributed by atoms with van der Waals surface area (Å²) in [5.41, 5.74) is 2.68. The van der Waals surface area contributed by atoms with Gasteiger partial charge in [0.05, 0.1) is 0 Å². The number of hydrogen-bond acceptors (Lipinski definition) is 6. The van der Waals surface area contributed by atoms with E-state index in [1.54, 1.807) is 6.07 Å². The molecule has 4 N–H and O–H groups in total. The summed E-state index contributed by atoms with van der Waals surface area (Å²) < 4.78 is 18.1. The summed E-state index contributed by atoms with van der Waals surface area (Å²) in [5.74, 6) is -0.874. The maximum absolute atomic E-state index is 13.2. The van der Waals surface area contributed by atoms with Crippen LogP contribution in [0.15, 0.2) is 36.4 Å². The number of aliphatic carboxylic acids is 1. The Hall–Kier alpha value is -3.69. The molecule has 1 aliphatic heterocycles. The van der Waals surface area contributed by atoms with Gasteiger partial charge in [-0.2, -0.15) is 0 Å². The molecule has 10 heteroatoms. The lowest BCUT2D eigenvalue weighted by atomic mass is 9.72. The van der Waals surface area contributed by atoms with Crippen LogP contribution in [0.3, 0.4) is 0 Å². The summed E-state index contributed by atoms with van der Waals surface area (Å²) in [6.07, 6.45) is 3.40. The number of anilines is 1. The number of carboxylic acids is 1. The van der Waals surface area contributed by atoms with Crippen LogP contribution in [0.4, 0.5) is 15.0 Å². The molecule has 1 aromatic carbocycles. The first kappa shape index (κ1) is 24.4. The third kappa shape index (κ3) is 6.68. The first-order valence-corrected chi connectivity index (χ1v) is 11.8. The van der Waals surface area contributed by atoms with E-state index in [9.17, 15) is 23.9 Å². The number of rotatable bonds is 9. The smallest absolute Gasteiger partial charge is 0.408 e. The number of aromatic nitrogens is 1. The highest BCUT2D eigenvalue weighted by atomic mass is 19.1. The quantitative estimate of drug-likeness (QED) is 0.431. The molecule has 2 amide bonds. The van der Waals surface area contributed by atoms with E-state index in [1.165, 1.54) is 23.8 Å². The summed E-state index contributed by atoms with van der Waals surface area (Å²) in [6.45, 7) is 0.468. The molecule has 35 heavy (non-hydrogen) atoms. The second-order valence-corrected chi connectivity index (χ2v) is 9.07. The molecule has 2 heterocycles. The molecule has 4 rings (SSSR count). The fraction of sp³-hybridized carbons (Fsp3) is 0.440. The van der Waals surface area contributed by atoms with Crippen LogP contribution in [0, 0.1) is 17.7 Å². The zero-order valence-corrected chi connectivity index (χ0v) is 19.3. The van der Waals surface area contributed by atoms with E-state index in [1.807, 2.05) is 0 Å². The van der Waals surface area contributed by atoms with Crippen molar-refractivity contribution in [1.82, 2.24) is 15.6 Å². The molecule has 1 atom stereocenters. The molecule has 1 saturated carbocycles. The molecule has 186 valence electrons. The monoisotopic (exact) mass is 484 g/mol. The lowest BCUT2D eigenvalue weighted by Crippen LogP contribution is -2.50. The molecule has 2 aliphatic rings. The number of fused-ring (bicyclic) bond motifs is 1. The molecular weight excluding hydrogens is 455 g/mol. The van der Waals surface area contributed by atoms with Crippen LogP contribution in [0.25, 0.3) is 0 Å². The van der Waals surface area contributed by atoms with E-state index < -0.39 is 23.9 Å². The van der Waals surface area contributed by atoms with Crippen LogP contribution in [0.5, 0.6) is 0 Å². The first-order chi connectivity index (χ1) is 16.9. The standard InChI is InChI=1S/C25H29FN4O5/c26-19-5-1-3-15(11-19)14-35-25(34)30-21(24(32)33)13-28-23(31)18-9-16(10-18)12-20-7-6-17-4-2-8-27-22(17)29-20/h1,3,5-7,11,16,18,21H,2,4,8-10,12-14H2,(H,27,29)(H,28,31)(H,30,34)(H,32,33). The van der Waals surface area contributed by atoms with E-state index in [-0.39, 0.29) is 25.0 Å². The van der Waals surface area contributed by atoms with Crippen molar-refractivity contribution in [2.24, 2.45) is 11.8 Å². The molecule has 0 bridgehead atoms. The van der Waals surface area contributed by atoms with Crippen molar-refractivity contribution in [3.05, 3.63) is 59.0 Å². The Morgan fingerprint density at radius 3 is 2.83 bits per heavy atom. The van der Waals surface area contributed by atoms with Gasteiger partial charge in [-0.15, -0.1) is 0 Å². The number of carboxylic acid groups (broad SMARTS) is 1. The molecule has 2 aromatic rings. The van der Waals surface area contributed by atoms with Gasteiger partial charge in [-0.3, -0.25) is 4.79 Å². The van der Waals surface area contributed by atoms with Crippen molar-refractivity contribution in [3.8, 4) is 0 Å². The largest absolute Gasteiger partial charge is 0.480 e. The number of pyridine rings is 1. The lowest BCUT2D eigenvalue weighted by molar-refractivity contribution is -0.139. The molecule has 0 saturated heterocycles. The van der Waals surface area contributed by atoms with Gasteiger partial charge in [0.15, 0.2) is 0 Å². The Morgan fingerprint density at radius 2 is 2.06 bits per heavy atom. The van der Waals surface area contributed by atoms with Gasteiger partial charge in [-0.05, 0) is 67.3 Å². The van der Waals surface area contributed by atoms with Gasteiger partial charge in [-0.1, -0.05) is 18.2 Å². The molecular formula is C25H29FN4O5. The van der Waals surface area contributed by atoms with E-state index in [0.717, 1.165) is 37.3 Å². The summed E-state index contributed by atoms with van der Waals surface area (Å²) in [4.78, 5) is 40.6. The van der Waals surface area contributed by atoms with Crippen LogP contribution in [-0.2, 0) is 33.8 Å². The zero-order chi connectivity index (χ0) is 24.8. The highest BCUT2D eigenvalue weighted by molar-refractivity contribution is 5.83.